The molecule has 2 aliphatic rings. The fourth-order valence-electron chi connectivity index (χ4n) is 2.89. The number of β-lactam (4-membered cyclic amide) rings is 1. The fourth-order valence-corrected chi connectivity index (χ4v) is 4.42. The van der Waals surface area contributed by atoms with E-state index in [9.17, 15) is 24.6 Å². The molecule has 1 aromatic carbocycles. The zero-order chi connectivity index (χ0) is 18.3. The number of aliphatic hydroxyl groups excluding tert-OH is 1. The third-order valence-electron chi connectivity index (χ3n) is 4.09. The minimum Gasteiger partial charge on any atom is -0.487 e. The summed E-state index contributed by atoms with van der Waals surface area (Å²) in [4.78, 5) is 36.6. The summed E-state index contributed by atoms with van der Waals surface area (Å²) in [5.41, 5.74) is 5.33. The number of nitrogens with two attached hydrogens (primary N) is 1. The van der Waals surface area contributed by atoms with Crippen LogP contribution in [0.25, 0.3) is 0 Å². The number of carbonyl (C=O) groups excluding carboxylic acids is 2. The highest BCUT2D eigenvalue weighted by Gasteiger charge is 2.57. The Hall–Kier alpha value is -2.52. The van der Waals surface area contributed by atoms with Gasteiger partial charge in [-0.1, -0.05) is 23.9 Å². The van der Waals surface area contributed by atoms with Crippen molar-refractivity contribution in [2.24, 2.45) is 11.7 Å². The lowest BCUT2D eigenvalue weighted by molar-refractivity contribution is -0.156. The first-order valence-electron chi connectivity index (χ1n) is 7.48. The summed E-state index contributed by atoms with van der Waals surface area (Å²) in [5, 5.41) is 18.7. The van der Waals surface area contributed by atoms with Crippen LogP contribution in [0.3, 0.4) is 0 Å². The van der Waals surface area contributed by atoms with Gasteiger partial charge >= 0.3 is 5.97 Å². The van der Waals surface area contributed by atoms with E-state index in [4.69, 9.17) is 10.5 Å². The van der Waals surface area contributed by atoms with E-state index in [1.54, 1.807) is 18.2 Å². The van der Waals surface area contributed by atoms with Crippen molar-refractivity contribution in [3.8, 4) is 5.75 Å². The van der Waals surface area contributed by atoms with Crippen LogP contribution in [0, 0.1) is 5.92 Å². The Morgan fingerprint density at radius 3 is 2.68 bits per heavy atom. The minimum absolute atomic E-state index is 0.122. The van der Waals surface area contributed by atoms with Crippen molar-refractivity contribution in [3.63, 3.8) is 0 Å². The Kier molecular flexibility index (Phi) is 4.44. The number of primary amides is 1. The number of aliphatic hydroxyl groups is 1. The topological polar surface area (TPSA) is 130 Å². The molecule has 2 heterocycles. The molecule has 4 N–H and O–H groups in total. The maximum Gasteiger partial charge on any atom is 0.353 e. The number of fused-ring (bicyclic) bond motifs is 1. The van der Waals surface area contributed by atoms with Gasteiger partial charge in [0.25, 0.3) is 5.91 Å². The van der Waals surface area contributed by atoms with Gasteiger partial charge in [0.05, 0.1) is 22.5 Å². The molecule has 9 heteroatoms. The van der Waals surface area contributed by atoms with Gasteiger partial charge in [0.1, 0.15) is 23.4 Å². The number of para-hydroxylation sites is 1. The number of carboxylic acids is 1. The number of benzene rings is 1. The Morgan fingerprint density at radius 1 is 1.40 bits per heavy atom. The van der Waals surface area contributed by atoms with E-state index in [0.717, 1.165) is 0 Å². The second-order valence-corrected chi connectivity index (χ2v) is 6.92. The van der Waals surface area contributed by atoms with Crippen LogP contribution in [0.2, 0.25) is 0 Å². The largest absolute Gasteiger partial charge is 0.487 e. The van der Waals surface area contributed by atoms with Crippen molar-refractivity contribution in [2.45, 2.75) is 18.4 Å². The van der Waals surface area contributed by atoms with E-state index in [2.05, 4.69) is 0 Å². The maximum absolute atomic E-state index is 12.1. The van der Waals surface area contributed by atoms with E-state index in [1.165, 1.54) is 29.7 Å². The number of carbonyl (C=O) groups is 3. The third kappa shape index (κ3) is 2.85. The van der Waals surface area contributed by atoms with Crippen molar-refractivity contribution in [1.29, 1.82) is 0 Å². The SMILES string of the molecule is C[C@@H](O)[C@H]1C(=O)N2C(C(=O)O)=C(COc3ccccc3C(N)=O)S[C@H]12. The highest BCUT2D eigenvalue weighted by molar-refractivity contribution is 8.04. The number of hydrogen-bond donors (Lipinski definition) is 3. The molecular formula is C16H16N2O6S. The zero-order valence-electron chi connectivity index (χ0n) is 13.2. The summed E-state index contributed by atoms with van der Waals surface area (Å²) in [6.07, 6.45) is -0.868. The van der Waals surface area contributed by atoms with Crippen LogP contribution in [-0.2, 0) is 9.59 Å². The van der Waals surface area contributed by atoms with Crippen LogP contribution in [0.15, 0.2) is 34.9 Å². The third-order valence-corrected chi connectivity index (χ3v) is 5.43. The Morgan fingerprint density at radius 2 is 2.08 bits per heavy atom. The molecule has 1 fully saturated rings. The molecule has 3 rings (SSSR count). The molecule has 0 spiro atoms. The average molecular weight is 364 g/mol. The van der Waals surface area contributed by atoms with E-state index < -0.39 is 35.2 Å². The lowest BCUT2D eigenvalue weighted by atomic mass is 9.92. The van der Waals surface area contributed by atoms with Crippen LogP contribution in [0.1, 0.15) is 17.3 Å². The molecule has 0 unspecified atom stereocenters. The smallest absolute Gasteiger partial charge is 0.353 e. The monoisotopic (exact) mass is 364 g/mol. The molecule has 25 heavy (non-hydrogen) atoms. The molecule has 3 atom stereocenters. The highest BCUT2D eigenvalue weighted by Crippen LogP contribution is 2.50. The fraction of sp³-hybridized carbons (Fsp3) is 0.312. The van der Waals surface area contributed by atoms with Gasteiger partial charge in [-0.15, -0.1) is 0 Å². The van der Waals surface area contributed by atoms with Gasteiger partial charge in [-0.25, -0.2) is 4.79 Å². The van der Waals surface area contributed by atoms with Crippen LogP contribution < -0.4 is 10.5 Å². The molecular weight excluding hydrogens is 348 g/mol. The Bertz CT molecular complexity index is 791. The summed E-state index contributed by atoms with van der Waals surface area (Å²) in [5.74, 6) is -2.72. The van der Waals surface area contributed by atoms with E-state index in [1.807, 2.05) is 0 Å². The predicted octanol–water partition coefficient (Wildman–Crippen LogP) is 0.373. The summed E-state index contributed by atoms with van der Waals surface area (Å²) < 4.78 is 5.57. The molecule has 0 aromatic heterocycles. The van der Waals surface area contributed by atoms with Crippen LogP contribution in [-0.4, -0.2) is 51.0 Å². The summed E-state index contributed by atoms with van der Waals surface area (Å²) in [6.45, 7) is 1.38. The van der Waals surface area contributed by atoms with Crippen molar-refractivity contribution in [2.75, 3.05) is 6.61 Å². The molecule has 2 amide bonds. The molecule has 8 nitrogen and oxygen atoms in total. The van der Waals surface area contributed by atoms with Gasteiger partial charge in [-0.3, -0.25) is 14.5 Å². The van der Waals surface area contributed by atoms with Crippen molar-refractivity contribution < 1.29 is 29.3 Å². The molecule has 0 aliphatic carbocycles. The molecule has 0 saturated carbocycles. The predicted molar refractivity (Wildman–Crippen MR) is 88.5 cm³/mol. The first-order chi connectivity index (χ1) is 11.8. The summed E-state index contributed by atoms with van der Waals surface area (Å²) >= 11 is 1.17. The number of thioether (sulfide) groups is 1. The number of carboxylic acid groups (broad SMARTS) is 1. The normalized spacial score (nSPS) is 23.1. The first kappa shape index (κ1) is 17.3. The van der Waals surface area contributed by atoms with E-state index >= 15 is 0 Å². The van der Waals surface area contributed by atoms with Crippen molar-refractivity contribution >= 4 is 29.5 Å². The first-order valence-corrected chi connectivity index (χ1v) is 8.36. The van der Waals surface area contributed by atoms with Crippen LogP contribution in [0.4, 0.5) is 0 Å². The van der Waals surface area contributed by atoms with Gasteiger partial charge in [-0.05, 0) is 19.1 Å². The molecule has 1 aromatic rings. The number of aliphatic carboxylic acids is 1. The highest BCUT2D eigenvalue weighted by atomic mass is 32.2. The lowest BCUT2D eigenvalue weighted by Gasteiger charge is -2.43. The lowest BCUT2D eigenvalue weighted by Crippen LogP contribution is -2.60. The number of amides is 2. The summed E-state index contributed by atoms with van der Waals surface area (Å²) in [7, 11) is 0. The minimum atomic E-state index is -1.24. The molecule has 2 aliphatic heterocycles. The number of nitrogens with zero attached hydrogens (tertiary/aromatic N) is 1. The molecule has 0 radical (unpaired) electrons. The second kappa shape index (κ2) is 6.41. The molecule has 1 saturated heterocycles. The molecule has 0 bridgehead atoms. The summed E-state index contributed by atoms with van der Waals surface area (Å²) in [6, 6.07) is 6.36. The maximum atomic E-state index is 12.1. The van der Waals surface area contributed by atoms with Gasteiger partial charge in [-0.2, -0.15) is 0 Å². The molecule has 132 valence electrons. The standard InChI is InChI=1S/C16H16N2O6S/c1-7(19)11-14(21)18-12(16(22)23)10(25-15(11)18)6-24-9-5-3-2-4-8(9)13(17)20/h2-5,7,11,15,19H,6H2,1H3,(H2,17,20)(H,22,23)/t7-,11+,15-/m1/s1. The second-order valence-electron chi connectivity index (χ2n) is 5.71. The average Bonchev–Trinajstić information content (AvgIpc) is 2.87. The Labute approximate surface area is 147 Å². The van der Waals surface area contributed by atoms with Gasteiger partial charge in [0, 0.05) is 0 Å². The number of hydrogen-bond acceptors (Lipinski definition) is 6. The van der Waals surface area contributed by atoms with Crippen LogP contribution >= 0.6 is 11.8 Å². The van der Waals surface area contributed by atoms with Crippen LogP contribution in [0.5, 0.6) is 5.75 Å². The zero-order valence-corrected chi connectivity index (χ0v) is 14.0. The van der Waals surface area contributed by atoms with Crippen molar-refractivity contribution in [3.05, 3.63) is 40.4 Å². The number of rotatable bonds is 6. The van der Waals surface area contributed by atoms with Gasteiger partial charge in [0.2, 0.25) is 5.91 Å². The Balaban J connectivity index is 1.82. The van der Waals surface area contributed by atoms with E-state index in [0.29, 0.717) is 4.91 Å². The van der Waals surface area contributed by atoms with Gasteiger partial charge in [0.15, 0.2) is 0 Å². The van der Waals surface area contributed by atoms with Crippen molar-refractivity contribution in [1.82, 2.24) is 4.90 Å². The van der Waals surface area contributed by atoms with Gasteiger partial charge < -0.3 is 20.7 Å². The number of ether oxygens (including phenoxy) is 1. The van der Waals surface area contributed by atoms with E-state index in [-0.39, 0.29) is 23.6 Å². The quantitative estimate of drug-likeness (QED) is 0.622.